The van der Waals surface area contributed by atoms with Crippen molar-refractivity contribution in [2.45, 2.75) is 18.9 Å². The van der Waals surface area contributed by atoms with Gasteiger partial charge in [0.15, 0.2) is 0 Å². The zero-order valence-electron chi connectivity index (χ0n) is 12.1. The van der Waals surface area contributed by atoms with Crippen molar-refractivity contribution in [1.29, 1.82) is 5.26 Å². The summed E-state index contributed by atoms with van der Waals surface area (Å²) in [6, 6.07) is 6.27. The molecule has 0 radical (unpaired) electrons. The fourth-order valence-electron chi connectivity index (χ4n) is 2.51. The number of carbonyl (C=O) groups is 2. The lowest BCUT2D eigenvalue weighted by atomic mass is 10.2. The van der Waals surface area contributed by atoms with Crippen molar-refractivity contribution >= 4 is 29.2 Å². The number of halogens is 1. The third-order valence-corrected chi connectivity index (χ3v) is 3.79. The van der Waals surface area contributed by atoms with E-state index in [9.17, 15) is 9.59 Å². The molecule has 0 aliphatic carbocycles. The van der Waals surface area contributed by atoms with E-state index in [0.29, 0.717) is 29.2 Å². The first-order valence-corrected chi connectivity index (χ1v) is 7.24. The van der Waals surface area contributed by atoms with E-state index < -0.39 is 0 Å². The molecule has 1 atom stereocenters. The van der Waals surface area contributed by atoms with Crippen molar-refractivity contribution in [3.8, 4) is 6.07 Å². The highest BCUT2D eigenvalue weighted by atomic mass is 35.5. The number of likely N-dealkylation sites (tertiary alicyclic amines) is 1. The van der Waals surface area contributed by atoms with Crippen LogP contribution < -0.4 is 5.32 Å². The van der Waals surface area contributed by atoms with E-state index in [1.807, 2.05) is 6.07 Å². The Balaban J connectivity index is 2.03. The van der Waals surface area contributed by atoms with Crippen molar-refractivity contribution < 1.29 is 14.3 Å². The molecule has 0 bridgehead atoms. The summed E-state index contributed by atoms with van der Waals surface area (Å²) in [7, 11) is 1.34. The number of nitriles is 1. The summed E-state index contributed by atoms with van der Waals surface area (Å²) in [5, 5.41) is 12.1. The Morgan fingerprint density at radius 3 is 3.00 bits per heavy atom. The van der Waals surface area contributed by atoms with Crippen LogP contribution in [0.4, 0.5) is 5.69 Å². The number of anilines is 1. The molecule has 1 aliphatic rings. The molecular weight excluding hydrogens is 306 g/mol. The van der Waals surface area contributed by atoms with Gasteiger partial charge in [-0.25, -0.2) is 0 Å². The van der Waals surface area contributed by atoms with Crippen LogP contribution >= 0.6 is 11.6 Å². The molecule has 1 N–H and O–H groups in total. The number of rotatable bonds is 4. The number of benzene rings is 1. The Kier molecular flexibility index (Phi) is 5.36. The second-order valence-corrected chi connectivity index (χ2v) is 5.44. The zero-order chi connectivity index (χ0) is 16.1. The van der Waals surface area contributed by atoms with E-state index in [-0.39, 0.29) is 24.5 Å². The standard InChI is InChI=1S/C15H16ClN3O3/c1-22-15(21)13-3-2-6-19(13)9-14(20)18-12-7-11(16)5-4-10(12)8-17/h4-5,7,13H,2-3,6,9H2,1H3,(H,18,20). The van der Waals surface area contributed by atoms with Crippen LogP contribution in [-0.4, -0.2) is 43.0 Å². The van der Waals surface area contributed by atoms with Crippen molar-refractivity contribution in [3.63, 3.8) is 0 Å². The molecule has 1 heterocycles. The highest BCUT2D eigenvalue weighted by molar-refractivity contribution is 6.31. The lowest BCUT2D eigenvalue weighted by Gasteiger charge is -2.21. The van der Waals surface area contributed by atoms with Crippen LogP contribution in [0, 0.1) is 11.3 Å². The Bertz CT molecular complexity index is 627. The van der Waals surface area contributed by atoms with Crippen LogP contribution in [0.3, 0.4) is 0 Å². The Morgan fingerprint density at radius 2 is 2.32 bits per heavy atom. The SMILES string of the molecule is COC(=O)C1CCCN1CC(=O)Nc1cc(Cl)ccc1C#N. The molecule has 1 fully saturated rings. The van der Waals surface area contributed by atoms with Gasteiger partial charge in [-0.2, -0.15) is 5.26 Å². The van der Waals surface area contributed by atoms with Gasteiger partial charge in [-0.1, -0.05) is 11.6 Å². The topological polar surface area (TPSA) is 82.4 Å². The first kappa shape index (κ1) is 16.3. The smallest absolute Gasteiger partial charge is 0.323 e. The maximum absolute atomic E-state index is 12.1. The van der Waals surface area contributed by atoms with Gasteiger partial charge in [-0.05, 0) is 37.6 Å². The third kappa shape index (κ3) is 3.75. The summed E-state index contributed by atoms with van der Waals surface area (Å²) in [5.41, 5.74) is 0.706. The van der Waals surface area contributed by atoms with Crippen LogP contribution in [0.1, 0.15) is 18.4 Å². The number of esters is 1. The van der Waals surface area contributed by atoms with Crippen molar-refractivity contribution in [2.75, 3.05) is 25.5 Å². The summed E-state index contributed by atoms with van der Waals surface area (Å²) in [5.74, 6) is -0.625. The largest absolute Gasteiger partial charge is 0.468 e. The number of hydrogen-bond acceptors (Lipinski definition) is 5. The molecule has 22 heavy (non-hydrogen) atoms. The Hall–Kier alpha value is -2.10. The van der Waals surface area contributed by atoms with Crippen LogP contribution in [0.25, 0.3) is 0 Å². The Labute approximate surface area is 133 Å². The molecular formula is C15H16ClN3O3. The molecule has 1 aliphatic heterocycles. The van der Waals surface area contributed by atoms with Crippen LogP contribution in [0.15, 0.2) is 18.2 Å². The molecule has 1 saturated heterocycles. The average molecular weight is 322 g/mol. The fraction of sp³-hybridized carbons (Fsp3) is 0.400. The second-order valence-electron chi connectivity index (χ2n) is 5.00. The Morgan fingerprint density at radius 1 is 1.55 bits per heavy atom. The molecule has 0 saturated carbocycles. The normalized spacial score (nSPS) is 17.8. The van der Waals surface area contributed by atoms with Gasteiger partial charge in [0.05, 0.1) is 24.9 Å². The molecule has 0 spiro atoms. The molecule has 1 amide bonds. The number of hydrogen-bond donors (Lipinski definition) is 1. The number of ether oxygens (including phenoxy) is 1. The maximum atomic E-state index is 12.1. The van der Waals surface area contributed by atoms with E-state index in [0.717, 1.165) is 6.42 Å². The summed E-state index contributed by atoms with van der Waals surface area (Å²) in [6.07, 6.45) is 1.52. The average Bonchev–Trinajstić information content (AvgIpc) is 2.94. The molecule has 0 aromatic heterocycles. The minimum absolute atomic E-state index is 0.0666. The first-order valence-electron chi connectivity index (χ1n) is 6.86. The van der Waals surface area contributed by atoms with Gasteiger partial charge in [0.1, 0.15) is 12.1 Å². The van der Waals surface area contributed by atoms with Crippen LogP contribution in [0.2, 0.25) is 5.02 Å². The molecule has 2 rings (SSSR count). The highest BCUT2D eigenvalue weighted by Crippen LogP contribution is 2.21. The number of nitrogens with one attached hydrogen (secondary N) is 1. The summed E-state index contributed by atoms with van der Waals surface area (Å²) in [6.45, 7) is 0.727. The third-order valence-electron chi connectivity index (χ3n) is 3.56. The minimum atomic E-state index is -0.384. The van der Waals surface area contributed by atoms with Gasteiger partial charge >= 0.3 is 5.97 Å². The van der Waals surface area contributed by atoms with Gasteiger partial charge in [-0.3, -0.25) is 14.5 Å². The molecule has 116 valence electrons. The highest BCUT2D eigenvalue weighted by Gasteiger charge is 2.32. The number of amides is 1. The van der Waals surface area contributed by atoms with Crippen molar-refractivity contribution in [1.82, 2.24) is 4.90 Å². The van der Waals surface area contributed by atoms with E-state index in [1.165, 1.54) is 13.2 Å². The van der Waals surface area contributed by atoms with Gasteiger partial charge in [-0.15, -0.1) is 0 Å². The predicted molar refractivity (Wildman–Crippen MR) is 81.4 cm³/mol. The number of carbonyl (C=O) groups excluding carboxylic acids is 2. The summed E-state index contributed by atoms with van der Waals surface area (Å²) in [4.78, 5) is 25.6. The number of nitrogens with zero attached hydrogens (tertiary/aromatic N) is 2. The molecule has 7 heteroatoms. The molecule has 1 aromatic carbocycles. The molecule has 6 nitrogen and oxygen atoms in total. The van der Waals surface area contributed by atoms with Gasteiger partial charge in [0.25, 0.3) is 0 Å². The van der Waals surface area contributed by atoms with E-state index in [2.05, 4.69) is 5.32 Å². The van der Waals surface area contributed by atoms with E-state index in [4.69, 9.17) is 21.6 Å². The number of methoxy groups -OCH3 is 1. The fourth-order valence-corrected chi connectivity index (χ4v) is 2.68. The van der Waals surface area contributed by atoms with Gasteiger partial charge in [0, 0.05) is 5.02 Å². The second kappa shape index (κ2) is 7.25. The summed E-state index contributed by atoms with van der Waals surface area (Å²) >= 11 is 5.88. The lowest BCUT2D eigenvalue weighted by Crippen LogP contribution is -2.41. The van der Waals surface area contributed by atoms with E-state index >= 15 is 0 Å². The lowest BCUT2D eigenvalue weighted by molar-refractivity contribution is -0.146. The van der Waals surface area contributed by atoms with E-state index in [1.54, 1.807) is 17.0 Å². The zero-order valence-corrected chi connectivity index (χ0v) is 12.9. The van der Waals surface area contributed by atoms with Crippen LogP contribution in [-0.2, 0) is 14.3 Å². The monoisotopic (exact) mass is 321 g/mol. The minimum Gasteiger partial charge on any atom is -0.468 e. The molecule has 1 aromatic rings. The van der Waals surface area contributed by atoms with Crippen LogP contribution in [0.5, 0.6) is 0 Å². The molecule has 1 unspecified atom stereocenters. The quantitative estimate of drug-likeness (QED) is 0.855. The predicted octanol–water partition coefficient (Wildman–Crippen LogP) is 1.79. The maximum Gasteiger partial charge on any atom is 0.323 e. The van der Waals surface area contributed by atoms with Crippen molar-refractivity contribution in [2.24, 2.45) is 0 Å². The van der Waals surface area contributed by atoms with Crippen molar-refractivity contribution in [3.05, 3.63) is 28.8 Å². The first-order chi connectivity index (χ1) is 10.5. The van der Waals surface area contributed by atoms with Gasteiger partial charge < -0.3 is 10.1 Å². The summed E-state index contributed by atoms with van der Waals surface area (Å²) < 4.78 is 4.74. The van der Waals surface area contributed by atoms with Gasteiger partial charge in [0.2, 0.25) is 5.91 Å².